The number of halogens is 2. The van der Waals surface area contributed by atoms with Crippen molar-refractivity contribution in [3.05, 3.63) is 27.8 Å². The molecule has 78 valence electrons. The number of methoxy groups -OCH3 is 1. The Morgan fingerprint density at radius 2 is 2.20 bits per heavy atom. The highest BCUT2D eigenvalue weighted by atomic mass is 79.9. The number of anilines is 1. The van der Waals surface area contributed by atoms with Crippen molar-refractivity contribution in [2.24, 2.45) is 0 Å². The summed E-state index contributed by atoms with van der Waals surface area (Å²) in [6.07, 6.45) is 0. The largest absolute Gasteiger partial charge is 0.497 e. The van der Waals surface area contributed by atoms with Gasteiger partial charge in [-0.15, -0.1) is 0 Å². The summed E-state index contributed by atoms with van der Waals surface area (Å²) >= 11 is 9.34. The third-order valence-electron chi connectivity index (χ3n) is 2.12. The Bertz CT molecular complexity index is 530. The minimum atomic E-state index is 0.453. The molecule has 5 heteroatoms. The zero-order valence-electron chi connectivity index (χ0n) is 7.92. The van der Waals surface area contributed by atoms with Crippen molar-refractivity contribution in [3.63, 3.8) is 0 Å². The van der Waals surface area contributed by atoms with Gasteiger partial charge in [-0.3, -0.25) is 0 Å². The molecule has 1 heterocycles. The zero-order chi connectivity index (χ0) is 11.0. The lowest BCUT2D eigenvalue weighted by Crippen LogP contribution is -1.93. The number of nitrogens with two attached hydrogens (primary N) is 1. The fourth-order valence-electron chi connectivity index (χ4n) is 1.32. The standard InChI is InChI=1S/C10H8BrClN2O/c1-15-5-2-3-6-7(4-5)14-10(11)9(13)8(6)12/h2-4H,13H2,1H3. The molecule has 1 aromatic carbocycles. The Morgan fingerprint density at radius 3 is 2.87 bits per heavy atom. The van der Waals surface area contributed by atoms with Crippen molar-refractivity contribution >= 4 is 44.1 Å². The fraction of sp³-hybridized carbons (Fsp3) is 0.100. The van der Waals surface area contributed by atoms with Gasteiger partial charge in [-0.25, -0.2) is 4.98 Å². The van der Waals surface area contributed by atoms with E-state index < -0.39 is 0 Å². The predicted molar refractivity (Wildman–Crippen MR) is 65.4 cm³/mol. The van der Waals surface area contributed by atoms with Crippen LogP contribution in [0.25, 0.3) is 10.9 Å². The second-order valence-electron chi connectivity index (χ2n) is 3.01. The lowest BCUT2D eigenvalue weighted by atomic mass is 10.2. The van der Waals surface area contributed by atoms with Crippen molar-refractivity contribution in [2.45, 2.75) is 0 Å². The number of aromatic nitrogens is 1. The average molecular weight is 288 g/mol. The van der Waals surface area contributed by atoms with Gasteiger partial charge in [-0.2, -0.15) is 0 Å². The minimum absolute atomic E-state index is 0.453. The van der Waals surface area contributed by atoms with Crippen molar-refractivity contribution in [2.75, 3.05) is 12.8 Å². The van der Waals surface area contributed by atoms with Crippen molar-refractivity contribution in [1.29, 1.82) is 0 Å². The number of pyridine rings is 1. The molecular formula is C10H8BrClN2O. The van der Waals surface area contributed by atoms with Gasteiger partial charge in [0.15, 0.2) is 0 Å². The zero-order valence-corrected chi connectivity index (χ0v) is 10.3. The highest BCUT2D eigenvalue weighted by Crippen LogP contribution is 2.34. The molecule has 0 aliphatic heterocycles. The van der Waals surface area contributed by atoms with E-state index in [-0.39, 0.29) is 0 Å². The van der Waals surface area contributed by atoms with Crippen molar-refractivity contribution < 1.29 is 4.74 Å². The monoisotopic (exact) mass is 286 g/mol. The number of hydrogen-bond acceptors (Lipinski definition) is 3. The quantitative estimate of drug-likeness (QED) is 0.819. The van der Waals surface area contributed by atoms with Crippen molar-refractivity contribution in [3.8, 4) is 5.75 Å². The van der Waals surface area contributed by atoms with Gasteiger partial charge in [0.2, 0.25) is 0 Å². The molecule has 2 rings (SSSR count). The lowest BCUT2D eigenvalue weighted by molar-refractivity contribution is 0.415. The summed E-state index contributed by atoms with van der Waals surface area (Å²) in [5.41, 5.74) is 6.95. The van der Waals surface area contributed by atoms with E-state index in [0.717, 1.165) is 16.7 Å². The third kappa shape index (κ3) is 1.75. The van der Waals surface area contributed by atoms with Crippen LogP contribution in [-0.2, 0) is 0 Å². The fourth-order valence-corrected chi connectivity index (χ4v) is 2.07. The first-order valence-electron chi connectivity index (χ1n) is 4.21. The summed E-state index contributed by atoms with van der Waals surface area (Å²) in [4.78, 5) is 4.27. The summed E-state index contributed by atoms with van der Waals surface area (Å²) in [6, 6.07) is 5.47. The van der Waals surface area contributed by atoms with Gasteiger partial charge in [0.1, 0.15) is 10.4 Å². The van der Waals surface area contributed by atoms with E-state index in [1.807, 2.05) is 18.2 Å². The maximum absolute atomic E-state index is 6.09. The normalized spacial score (nSPS) is 10.6. The summed E-state index contributed by atoms with van der Waals surface area (Å²) in [5.74, 6) is 0.739. The molecule has 0 unspecified atom stereocenters. The number of hydrogen-bond donors (Lipinski definition) is 1. The van der Waals surface area contributed by atoms with E-state index in [0.29, 0.717) is 15.3 Å². The SMILES string of the molecule is COc1ccc2c(Cl)c(N)c(Br)nc2c1. The topological polar surface area (TPSA) is 48.1 Å². The van der Waals surface area contributed by atoms with Crippen LogP contribution in [0, 0.1) is 0 Å². The summed E-state index contributed by atoms with van der Waals surface area (Å²) in [5, 5.41) is 1.33. The minimum Gasteiger partial charge on any atom is -0.497 e. The molecule has 0 fully saturated rings. The highest BCUT2D eigenvalue weighted by molar-refractivity contribution is 9.10. The number of benzene rings is 1. The second-order valence-corrected chi connectivity index (χ2v) is 4.14. The van der Waals surface area contributed by atoms with E-state index in [1.165, 1.54) is 0 Å². The maximum Gasteiger partial charge on any atom is 0.131 e. The van der Waals surface area contributed by atoms with Crippen LogP contribution in [-0.4, -0.2) is 12.1 Å². The number of rotatable bonds is 1. The van der Waals surface area contributed by atoms with E-state index >= 15 is 0 Å². The molecule has 0 radical (unpaired) electrons. The Kier molecular flexibility index (Phi) is 2.71. The molecule has 0 spiro atoms. The summed E-state index contributed by atoms with van der Waals surface area (Å²) in [6.45, 7) is 0. The van der Waals surface area contributed by atoms with E-state index in [2.05, 4.69) is 20.9 Å². The first-order chi connectivity index (χ1) is 7.13. The first kappa shape index (κ1) is 10.5. The van der Waals surface area contributed by atoms with Crippen LogP contribution in [0.15, 0.2) is 22.8 Å². The van der Waals surface area contributed by atoms with Crippen LogP contribution >= 0.6 is 27.5 Å². The molecule has 0 saturated carbocycles. The Hall–Kier alpha value is -1.00. The molecule has 0 amide bonds. The molecule has 2 aromatic rings. The van der Waals surface area contributed by atoms with Crippen LogP contribution in [0.4, 0.5) is 5.69 Å². The number of nitrogen functional groups attached to an aromatic ring is 1. The van der Waals surface area contributed by atoms with Gasteiger partial charge in [0, 0.05) is 11.5 Å². The molecule has 0 saturated heterocycles. The van der Waals surface area contributed by atoms with E-state index in [9.17, 15) is 0 Å². The Balaban J connectivity index is 2.80. The average Bonchev–Trinajstić information content (AvgIpc) is 2.25. The van der Waals surface area contributed by atoms with E-state index in [1.54, 1.807) is 7.11 Å². The molecule has 0 aliphatic rings. The molecule has 0 atom stereocenters. The Morgan fingerprint density at radius 1 is 1.47 bits per heavy atom. The summed E-state index contributed by atoms with van der Waals surface area (Å²) < 4.78 is 5.65. The third-order valence-corrected chi connectivity index (χ3v) is 3.13. The molecule has 1 aromatic heterocycles. The second kappa shape index (κ2) is 3.87. The molecular weight excluding hydrogens is 279 g/mol. The molecule has 2 N–H and O–H groups in total. The highest BCUT2D eigenvalue weighted by Gasteiger charge is 2.09. The Labute approximate surface area is 100 Å². The van der Waals surface area contributed by atoms with E-state index in [4.69, 9.17) is 22.1 Å². The maximum atomic E-state index is 6.09. The van der Waals surface area contributed by atoms with Crippen LogP contribution in [0.5, 0.6) is 5.75 Å². The smallest absolute Gasteiger partial charge is 0.131 e. The molecule has 0 aliphatic carbocycles. The van der Waals surface area contributed by atoms with Gasteiger partial charge in [-0.05, 0) is 28.1 Å². The van der Waals surface area contributed by atoms with Crippen LogP contribution in [0.1, 0.15) is 0 Å². The predicted octanol–water partition coefficient (Wildman–Crippen LogP) is 3.24. The van der Waals surface area contributed by atoms with Crippen LogP contribution in [0.3, 0.4) is 0 Å². The van der Waals surface area contributed by atoms with Gasteiger partial charge in [0.25, 0.3) is 0 Å². The number of fused-ring (bicyclic) bond motifs is 1. The lowest BCUT2D eigenvalue weighted by Gasteiger charge is -2.07. The molecule has 3 nitrogen and oxygen atoms in total. The van der Waals surface area contributed by atoms with Gasteiger partial charge in [0.05, 0.1) is 23.3 Å². The molecule has 0 bridgehead atoms. The van der Waals surface area contributed by atoms with Crippen molar-refractivity contribution in [1.82, 2.24) is 4.98 Å². The first-order valence-corrected chi connectivity index (χ1v) is 5.39. The van der Waals surface area contributed by atoms with Crippen LogP contribution in [0.2, 0.25) is 5.02 Å². The number of nitrogens with zero attached hydrogens (tertiary/aromatic N) is 1. The van der Waals surface area contributed by atoms with Gasteiger partial charge in [-0.1, -0.05) is 11.6 Å². The van der Waals surface area contributed by atoms with Crippen LogP contribution < -0.4 is 10.5 Å². The van der Waals surface area contributed by atoms with Gasteiger partial charge < -0.3 is 10.5 Å². The van der Waals surface area contributed by atoms with Gasteiger partial charge >= 0.3 is 0 Å². The number of ether oxygens (including phenoxy) is 1. The summed E-state index contributed by atoms with van der Waals surface area (Å²) in [7, 11) is 1.61. The molecule has 15 heavy (non-hydrogen) atoms.